The molecule has 1 saturated heterocycles. The number of hydrogen-bond acceptors (Lipinski definition) is 2. The van der Waals surface area contributed by atoms with Gasteiger partial charge in [-0.25, -0.2) is 13.2 Å². The second kappa shape index (κ2) is 7.87. The molecule has 3 rings (SSSR count). The minimum absolute atomic E-state index is 0.278. The van der Waals surface area contributed by atoms with E-state index in [0.717, 1.165) is 6.54 Å². The predicted octanol–water partition coefficient (Wildman–Crippen LogP) is 4.22. The quantitative estimate of drug-likeness (QED) is 0.747. The van der Waals surface area contributed by atoms with Crippen LogP contribution in [0.1, 0.15) is 25.7 Å². The maximum atomic E-state index is 14.2. The Morgan fingerprint density at radius 1 is 1.33 bits per heavy atom. The standard InChI is InChI=1S/C18H22ClF3N2/c19-12-3-1-11(15(21)9-12)2-5-18-14(20)4-6-17(24-18)13-7-8-23-10-16(13)22/h1,4,6,9,12-14,16,18,23H,2-3,5,7-8,10H2. The van der Waals surface area contributed by atoms with Gasteiger partial charge in [-0.05, 0) is 56.0 Å². The van der Waals surface area contributed by atoms with Crippen LogP contribution >= 0.6 is 11.6 Å². The average Bonchev–Trinajstić information content (AvgIpc) is 2.56. The Labute approximate surface area is 145 Å². The Morgan fingerprint density at radius 2 is 2.17 bits per heavy atom. The van der Waals surface area contributed by atoms with Crippen molar-refractivity contribution in [2.75, 3.05) is 13.1 Å². The third-order valence-corrected chi connectivity index (χ3v) is 5.16. The van der Waals surface area contributed by atoms with Gasteiger partial charge in [0.05, 0.1) is 11.4 Å². The number of alkyl halides is 3. The fourth-order valence-electron chi connectivity index (χ4n) is 3.43. The van der Waals surface area contributed by atoms with Crippen LogP contribution in [0.25, 0.3) is 0 Å². The summed E-state index contributed by atoms with van der Waals surface area (Å²) < 4.78 is 42.1. The van der Waals surface area contributed by atoms with Crippen LogP contribution in [0.2, 0.25) is 0 Å². The molecule has 2 heterocycles. The molecule has 24 heavy (non-hydrogen) atoms. The molecule has 5 unspecified atom stereocenters. The van der Waals surface area contributed by atoms with Crippen molar-refractivity contribution in [3.05, 3.63) is 35.7 Å². The van der Waals surface area contributed by atoms with E-state index >= 15 is 0 Å². The first-order valence-corrected chi connectivity index (χ1v) is 8.94. The lowest BCUT2D eigenvalue weighted by Gasteiger charge is -2.30. The summed E-state index contributed by atoms with van der Waals surface area (Å²) >= 11 is 5.88. The highest BCUT2D eigenvalue weighted by Crippen LogP contribution is 2.30. The van der Waals surface area contributed by atoms with E-state index < -0.39 is 18.4 Å². The number of piperidine rings is 1. The van der Waals surface area contributed by atoms with E-state index in [0.29, 0.717) is 43.5 Å². The molecule has 0 radical (unpaired) electrons. The highest BCUT2D eigenvalue weighted by atomic mass is 35.5. The second-order valence-electron chi connectivity index (χ2n) is 6.57. The summed E-state index contributed by atoms with van der Waals surface area (Å²) in [5.74, 6) is -0.602. The summed E-state index contributed by atoms with van der Waals surface area (Å²) in [5, 5.41) is 2.69. The molecule has 2 nitrogen and oxygen atoms in total. The van der Waals surface area contributed by atoms with E-state index in [-0.39, 0.29) is 17.1 Å². The van der Waals surface area contributed by atoms with Crippen molar-refractivity contribution in [2.24, 2.45) is 10.9 Å². The van der Waals surface area contributed by atoms with Gasteiger partial charge < -0.3 is 5.32 Å². The van der Waals surface area contributed by atoms with Crippen LogP contribution in [-0.2, 0) is 0 Å². The van der Waals surface area contributed by atoms with Gasteiger partial charge in [0.1, 0.15) is 18.2 Å². The Morgan fingerprint density at radius 3 is 2.92 bits per heavy atom. The number of aliphatic imine (C=N–C) groups is 1. The molecule has 0 aromatic carbocycles. The number of nitrogens with zero attached hydrogens (tertiary/aromatic N) is 1. The van der Waals surface area contributed by atoms with Crippen molar-refractivity contribution < 1.29 is 13.2 Å². The van der Waals surface area contributed by atoms with E-state index in [4.69, 9.17) is 11.6 Å². The molecule has 1 aliphatic carbocycles. The van der Waals surface area contributed by atoms with E-state index in [1.54, 1.807) is 12.2 Å². The van der Waals surface area contributed by atoms with Crippen LogP contribution in [0.4, 0.5) is 13.2 Å². The van der Waals surface area contributed by atoms with Crippen LogP contribution in [-0.4, -0.2) is 42.6 Å². The molecule has 132 valence electrons. The predicted molar refractivity (Wildman–Crippen MR) is 91.9 cm³/mol. The van der Waals surface area contributed by atoms with Crippen LogP contribution in [0.3, 0.4) is 0 Å². The molecule has 0 bridgehead atoms. The van der Waals surface area contributed by atoms with Gasteiger partial charge in [-0.2, -0.15) is 0 Å². The molecule has 2 aliphatic heterocycles. The molecule has 0 aromatic rings. The lowest BCUT2D eigenvalue weighted by molar-refractivity contribution is 0.224. The van der Waals surface area contributed by atoms with Crippen molar-refractivity contribution in [2.45, 2.75) is 49.4 Å². The van der Waals surface area contributed by atoms with Crippen LogP contribution in [0.15, 0.2) is 40.7 Å². The van der Waals surface area contributed by atoms with Gasteiger partial charge in [-0.3, -0.25) is 4.99 Å². The first-order chi connectivity index (χ1) is 11.5. The summed E-state index contributed by atoms with van der Waals surface area (Å²) in [7, 11) is 0. The van der Waals surface area contributed by atoms with Crippen molar-refractivity contribution in [3.63, 3.8) is 0 Å². The zero-order chi connectivity index (χ0) is 17.1. The number of halogens is 4. The topological polar surface area (TPSA) is 24.4 Å². The monoisotopic (exact) mass is 358 g/mol. The molecular weight excluding hydrogens is 337 g/mol. The van der Waals surface area contributed by atoms with Gasteiger partial charge in [-0.1, -0.05) is 6.08 Å². The Hall–Kier alpha value is -1.07. The lowest BCUT2D eigenvalue weighted by atomic mass is 9.88. The number of allylic oxidation sites excluding steroid dienone is 5. The fourth-order valence-corrected chi connectivity index (χ4v) is 3.63. The summed E-state index contributed by atoms with van der Waals surface area (Å²) in [6, 6.07) is -0.575. The molecule has 1 N–H and O–H groups in total. The molecule has 0 spiro atoms. The van der Waals surface area contributed by atoms with Gasteiger partial charge in [0.15, 0.2) is 0 Å². The van der Waals surface area contributed by atoms with E-state index in [9.17, 15) is 13.2 Å². The van der Waals surface area contributed by atoms with Gasteiger partial charge in [0.25, 0.3) is 0 Å². The molecule has 3 aliphatic rings. The third-order valence-electron chi connectivity index (χ3n) is 4.85. The van der Waals surface area contributed by atoms with Crippen LogP contribution in [0, 0.1) is 5.92 Å². The summed E-state index contributed by atoms with van der Waals surface area (Å²) in [4.78, 5) is 4.45. The maximum Gasteiger partial charge on any atom is 0.141 e. The highest BCUT2D eigenvalue weighted by molar-refractivity contribution is 6.22. The zero-order valence-electron chi connectivity index (χ0n) is 13.4. The molecule has 1 fully saturated rings. The minimum Gasteiger partial charge on any atom is -0.314 e. The second-order valence-corrected chi connectivity index (χ2v) is 7.14. The fraction of sp³-hybridized carbons (Fsp3) is 0.611. The van der Waals surface area contributed by atoms with Gasteiger partial charge in [0, 0.05) is 18.2 Å². The van der Waals surface area contributed by atoms with Crippen molar-refractivity contribution in [1.29, 1.82) is 0 Å². The lowest BCUT2D eigenvalue weighted by Crippen LogP contribution is -2.42. The summed E-state index contributed by atoms with van der Waals surface area (Å²) in [6.07, 6.45) is 6.08. The van der Waals surface area contributed by atoms with E-state index in [1.165, 1.54) is 12.2 Å². The zero-order valence-corrected chi connectivity index (χ0v) is 14.2. The third kappa shape index (κ3) is 4.12. The first kappa shape index (κ1) is 17.7. The first-order valence-electron chi connectivity index (χ1n) is 8.50. The maximum absolute atomic E-state index is 14.2. The summed E-state index contributed by atoms with van der Waals surface area (Å²) in [6.45, 7) is 1.05. The van der Waals surface area contributed by atoms with Crippen LogP contribution < -0.4 is 5.32 Å². The molecular formula is C18H22ClF3N2. The Balaban J connectivity index is 1.64. The molecule has 0 amide bonds. The number of rotatable bonds is 4. The largest absolute Gasteiger partial charge is 0.314 e. The van der Waals surface area contributed by atoms with Gasteiger partial charge >= 0.3 is 0 Å². The van der Waals surface area contributed by atoms with E-state index in [1.807, 2.05) is 0 Å². The molecule has 5 atom stereocenters. The van der Waals surface area contributed by atoms with E-state index in [2.05, 4.69) is 10.3 Å². The summed E-state index contributed by atoms with van der Waals surface area (Å²) in [5.41, 5.74) is 1.20. The Bertz CT molecular complexity index is 585. The van der Waals surface area contributed by atoms with Gasteiger partial charge in [-0.15, -0.1) is 11.6 Å². The SMILES string of the molecule is FC1=CC(Cl)CC=C1CCC1N=C(C2CCNCC2F)C=CC1F. The average molecular weight is 359 g/mol. The van der Waals surface area contributed by atoms with Crippen molar-refractivity contribution in [3.8, 4) is 0 Å². The molecule has 0 saturated carbocycles. The molecule has 0 aromatic heterocycles. The highest BCUT2D eigenvalue weighted by Gasteiger charge is 2.31. The number of nitrogens with one attached hydrogen (secondary N) is 1. The van der Waals surface area contributed by atoms with Gasteiger partial charge in [0.2, 0.25) is 0 Å². The van der Waals surface area contributed by atoms with Crippen LogP contribution in [0.5, 0.6) is 0 Å². The normalized spacial score (nSPS) is 36.8. The van der Waals surface area contributed by atoms with Crippen molar-refractivity contribution >= 4 is 17.3 Å². The number of hydrogen-bond donors (Lipinski definition) is 1. The Kier molecular flexibility index (Phi) is 5.82. The molecule has 6 heteroatoms. The van der Waals surface area contributed by atoms with Crippen molar-refractivity contribution in [1.82, 2.24) is 5.32 Å². The minimum atomic E-state index is -1.20. The number of dihydropyridines is 1. The smallest absolute Gasteiger partial charge is 0.141 e.